The van der Waals surface area contributed by atoms with Crippen molar-refractivity contribution in [1.82, 2.24) is 0 Å². The number of hydrogen-bond donors (Lipinski definition) is 0. The number of carboxylic acids is 1. The molecule has 1 atom stereocenters. The van der Waals surface area contributed by atoms with Crippen molar-refractivity contribution in [3.05, 3.63) is 12.2 Å². The molecule has 1 unspecified atom stereocenters. The molecule has 0 N–H and O–H groups in total. The summed E-state index contributed by atoms with van der Waals surface area (Å²) in [5, 5.41) is 10.0. The molecule has 0 amide bonds. The lowest BCUT2D eigenvalue weighted by atomic mass is 9.92. The highest BCUT2D eigenvalue weighted by molar-refractivity contribution is 5.90. The average molecular weight is 321 g/mol. The number of esters is 1. The van der Waals surface area contributed by atoms with Crippen LogP contribution in [-0.2, 0) is 14.3 Å². The van der Waals surface area contributed by atoms with Crippen molar-refractivity contribution in [1.29, 1.82) is 0 Å². The quantitative estimate of drug-likeness (QED) is 0.438. The van der Waals surface area contributed by atoms with E-state index < -0.39 is 42.2 Å². The van der Waals surface area contributed by atoms with Crippen molar-refractivity contribution in [2.45, 2.75) is 32.3 Å². The molecule has 0 rings (SSSR count). The predicted molar refractivity (Wildman–Crippen MR) is 54.5 cm³/mol. The molecule has 0 radical (unpaired) electrons. The number of carbonyl (C=O) groups excluding carboxylic acids is 2. The van der Waals surface area contributed by atoms with Gasteiger partial charge in [-0.2, -0.15) is 26.3 Å². The fraction of sp³-hybridized carbons (Fsp3) is 0.636. The van der Waals surface area contributed by atoms with Gasteiger partial charge in [0.05, 0.1) is 5.97 Å². The van der Waals surface area contributed by atoms with Crippen LogP contribution >= 0.6 is 0 Å². The molecule has 122 valence electrons. The average Bonchev–Trinajstić information content (AvgIpc) is 2.21. The molecule has 0 aromatic rings. The van der Waals surface area contributed by atoms with Gasteiger partial charge < -0.3 is 14.6 Å². The van der Waals surface area contributed by atoms with Crippen molar-refractivity contribution in [3.8, 4) is 0 Å². The van der Waals surface area contributed by atoms with E-state index in [9.17, 15) is 41.0 Å². The van der Waals surface area contributed by atoms with Gasteiger partial charge in [0.25, 0.3) is 0 Å². The molecule has 4 nitrogen and oxygen atoms in total. The Morgan fingerprint density at radius 3 is 1.71 bits per heavy atom. The molecule has 0 spiro atoms. The Bertz CT molecular complexity index is 396. The molecule has 0 saturated heterocycles. The summed E-state index contributed by atoms with van der Waals surface area (Å²) in [4.78, 5) is 21.1. The molecular formula is C11H11F6O4-. The van der Waals surface area contributed by atoms with E-state index in [2.05, 4.69) is 4.74 Å². The molecule has 0 bridgehead atoms. The van der Waals surface area contributed by atoms with Gasteiger partial charge in [-0.05, 0) is 12.0 Å². The van der Waals surface area contributed by atoms with Gasteiger partial charge in [0.2, 0.25) is 0 Å². The summed E-state index contributed by atoms with van der Waals surface area (Å²) in [7, 11) is 0. The van der Waals surface area contributed by atoms with Gasteiger partial charge in [-0.15, -0.1) is 0 Å². The minimum Gasteiger partial charge on any atom is -0.545 e. The lowest BCUT2D eigenvalue weighted by Gasteiger charge is -2.32. The molecule has 0 fully saturated rings. The van der Waals surface area contributed by atoms with Crippen molar-refractivity contribution in [2.24, 2.45) is 11.8 Å². The second-order valence-corrected chi connectivity index (χ2v) is 4.36. The summed E-state index contributed by atoms with van der Waals surface area (Å²) in [6.07, 6.45) is -13.6. The van der Waals surface area contributed by atoms with Gasteiger partial charge in [0, 0.05) is 6.08 Å². The SMILES string of the molecule is CC(C)C(OC(=O)/C=C/C(=O)[O-])C(C(F)(F)F)C(F)(F)F. The van der Waals surface area contributed by atoms with Crippen LogP contribution in [0.4, 0.5) is 26.3 Å². The van der Waals surface area contributed by atoms with Crippen LogP contribution < -0.4 is 5.11 Å². The van der Waals surface area contributed by atoms with Gasteiger partial charge in [-0.3, -0.25) is 0 Å². The van der Waals surface area contributed by atoms with E-state index in [1.807, 2.05) is 0 Å². The monoisotopic (exact) mass is 321 g/mol. The molecule has 0 aliphatic carbocycles. The van der Waals surface area contributed by atoms with Gasteiger partial charge in [0.1, 0.15) is 6.10 Å². The minimum atomic E-state index is -5.68. The Morgan fingerprint density at radius 2 is 1.43 bits per heavy atom. The van der Waals surface area contributed by atoms with E-state index in [4.69, 9.17) is 0 Å². The second kappa shape index (κ2) is 6.81. The highest BCUT2D eigenvalue weighted by Crippen LogP contribution is 2.44. The lowest BCUT2D eigenvalue weighted by Crippen LogP contribution is -2.48. The predicted octanol–water partition coefficient (Wildman–Crippen LogP) is 1.60. The summed E-state index contributed by atoms with van der Waals surface area (Å²) < 4.78 is 79.5. The topological polar surface area (TPSA) is 66.4 Å². The first-order chi connectivity index (χ1) is 9.26. The zero-order valence-corrected chi connectivity index (χ0v) is 10.8. The molecule has 21 heavy (non-hydrogen) atoms. The number of aliphatic carboxylic acids is 1. The largest absolute Gasteiger partial charge is 0.545 e. The highest BCUT2D eigenvalue weighted by Gasteiger charge is 2.62. The van der Waals surface area contributed by atoms with E-state index in [0.717, 1.165) is 13.8 Å². The van der Waals surface area contributed by atoms with Gasteiger partial charge in [-0.1, -0.05) is 13.8 Å². The van der Waals surface area contributed by atoms with Crippen LogP contribution in [0.1, 0.15) is 13.8 Å². The van der Waals surface area contributed by atoms with Crippen LogP contribution in [0, 0.1) is 11.8 Å². The zero-order valence-electron chi connectivity index (χ0n) is 10.8. The van der Waals surface area contributed by atoms with Crippen molar-refractivity contribution in [3.63, 3.8) is 0 Å². The molecule has 0 heterocycles. The maximum Gasteiger partial charge on any atom is 0.404 e. The Hall–Kier alpha value is -1.74. The Labute approximate surface area is 115 Å². The normalized spacial score (nSPS) is 14.8. The molecular weight excluding hydrogens is 310 g/mol. The van der Waals surface area contributed by atoms with Crippen LogP contribution in [0.2, 0.25) is 0 Å². The third kappa shape index (κ3) is 6.50. The van der Waals surface area contributed by atoms with Gasteiger partial charge >= 0.3 is 18.3 Å². The summed E-state index contributed by atoms with van der Waals surface area (Å²) in [5.41, 5.74) is 0. The third-order valence-electron chi connectivity index (χ3n) is 2.30. The van der Waals surface area contributed by atoms with Crippen molar-refractivity contribution >= 4 is 11.9 Å². The van der Waals surface area contributed by atoms with Crippen LogP contribution in [-0.4, -0.2) is 30.4 Å². The van der Waals surface area contributed by atoms with E-state index >= 15 is 0 Å². The smallest absolute Gasteiger partial charge is 0.404 e. The Morgan fingerprint density at radius 1 is 1.00 bits per heavy atom. The summed E-state index contributed by atoms with van der Waals surface area (Å²) in [6.45, 7) is 2.01. The number of rotatable bonds is 5. The number of alkyl halides is 6. The summed E-state index contributed by atoms with van der Waals surface area (Å²) in [6, 6.07) is 0. The summed E-state index contributed by atoms with van der Waals surface area (Å²) in [5.74, 6) is -8.67. The zero-order chi connectivity index (χ0) is 17.0. The maximum atomic E-state index is 12.6. The number of carbonyl (C=O) groups is 2. The standard InChI is InChI=1S/C11H12F6O4/c1-5(2)8(21-7(20)4-3-6(18)19)9(10(12,13)14)11(15,16)17/h3-5,8-9H,1-2H3,(H,18,19)/p-1/b4-3+. The second-order valence-electron chi connectivity index (χ2n) is 4.36. The molecule has 0 aromatic carbocycles. The van der Waals surface area contributed by atoms with E-state index in [1.54, 1.807) is 0 Å². The Kier molecular flexibility index (Phi) is 6.25. The molecule has 10 heteroatoms. The number of halogens is 6. The first kappa shape index (κ1) is 19.3. The fourth-order valence-electron chi connectivity index (χ4n) is 1.46. The molecule has 0 aliphatic rings. The van der Waals surface area contributed by atoms with Crippen LogP contribution in [0.5, 0.6) is 0 Å². The molecule has 0 saturated carbocycles. The molecule has 0 aliphatic heterocycles. The van der Waals surface area contributed by atoms with Crippen molar-refractivity contribution < 1.29 is 45.8 Å². The fourth-order valence-corrected chi connectivity index (χ4v) is 1.46. The lowest BCUT2D eigenvalue weighted by molar-refractivity contribution is -0.311. The Balaban J connectivity index is 5.37. The number of carboxylic acid groups (broad SMARTS) is 1. The van der Waals surface area contributed by atoms with Crippen LogP contribution in [0.25, 0.3) is 0 Å². The third-order valence-corrected chi connectivity index (χ3v) is 2.30. The van der Waals surface area contributed by atoms with Crippen molar-refractivity contribution in [2.75, 3.05) is 0 Å². The van der Waals surface area contributed by atoms with E-state index in [-0.39, 0.29) is 12.2 Å². The van der Waals surface area contributed by atoms with E-state index in [0.29, 0.717) is 0 Å². The van der Waals surface area contributed by atoms with Gasteiger partial charge in [-0.25, -0.2) is 4.79 Å². The van der Waals surface area contributed by atoms with Crippen LogP contribution in [0.3, 0.4) is 0 Å². The highest BCUT2D eigenvalue weighted by atomic mass is 19.4. The number of ether oxygens (including phenoxy) is 1. The van der Waals surface area contributed by atoms with Gasteiger partial charge in [0.15, 0.2) is 5.92 Å². The maximum absolute atomic E-state index is 12.6. The first-order valence-corrected chi connectivity index (χ1v) is 5.50. The summed E-state index contributed by atoms with van der Waals surface area (Å²) >= 11 is 0. The molecule has 0 aromatic heterocycles. The minimum absolute atomic E-state index is 0.135. The number of hydrogen-bond acceptors (Lipinski definition) is 4. The first-order valence-electron chi connectivity index (χ1n) is 5.50. The van der Waals surface area contributed by atoms with Crippen LogP contribution in [0.15, 0.2) is 12.2 Å². The van der Waals surface area contributed by atoms with E-state index in [1.165, 1.54) is 0 Å².